The Morgan fingerprint density at radius 3 is 2.88 bits per heavy atom. The van der Waals surface area contributed by atoms with E-state index in [0.29, 0.717) is 18.3 Å². The van der Waals surface area contributed by atoms with Gasteiger partial charge >= 0.3 is 0 Å². The van der Waals surface area contributed by atoms with Crippen molar-refractivity contribution in [2.24, 2.45) is 0 Å². The fourth-order valence-electron chi connectivity index (χ4n) is 2.12. The number of pyridine rings is 1. The highest BCUT2D eigenvalue weighted by Gasteiger charge is 2.09. The summed E-state index contributed by atoms with van der Waals surface area (Å²) in [5.41, 5.74) is 1.63. The lowest BCUT2D eigenvalue weighted by molar-refractivity contribution is 0.281. The molecule has 0 aliphatic rings. The van der Waals surface area contributed by atoms with Crippen LogP contribution in [0, 0.1) is 0 Å². The number of nitrogens with zero attached hydrogens (tertiary/aromatic N) is 3. The van der Waals surface area contributed by atoms with Crippen molar-refractivity contribution >= 4 is 11.8 Å². The lowest BCUT2D eigenvalue weighted by Gasteiger charge is -2.14. The molecule has 3 heterocycles. The number of hydrogen-bond acceptors (Lipinski definition) is 7. The van der Waals surface area contributed by atoms with Crippen molar-refractivity contribution in [3.63, 3.8) is 0 Å². The first-order valence-electron chi connectivity index (χ1n) is 7.67. The number of hydrogen-bond donors (Lipinski definition) is 3. The highest BCUT2D eigenvalue weighted by molar-refractivity contribution is 5.63. The topological polar surface area (TPSA) is 96.1 Å². The summed E-state index contributed by atoms with van der Waals surface area (Å²) in [6, 6.07) is 9.24. The van der Waals surface area contributed by atoms with E-state index in [1.807, 2.05) is 37.3 Å². The standard InChI is InChI=1S/C17H19N5O2/c1-12(11-23)20-17-21-15(13-4-2-6-18-9-13)8-16(22-17)19-10-14-5-3-7-24-14/h2-9,12,23H,10-11H2,1H3,(H2,19,20,21,22)/t12-/m1/s1. The van der Waals surface area contributed by atoms with Crippen LogP contribution >= 0.6 is 0 Å². The van der Waals surface area contributed by atoms with E-state index < -0.39 is 0 Å². The van der Waals surface area contributed by atoms with E-state index in [-0.39, 0.29) is 12.6 Å². The maximum atomic E-state index is 9.22. The Morgan fingerprint density at radius 2 is 2.17 bits per heavy atom. The summed E-state index contributed by atoms with van der Waals surface area (Å²) >= 11 is 0. The Kier molecular flexibility index (Phi) is 5.02. The minimum absolute atomic E-state index is 0.00433. The normalized spacial score (nSPS) is 11.9. The number of aliphatic hydroxyl groups excluding tert-OH is 1. The molecule has 0 fully saturated rings. The molecule has 0 aromatic carbocycles. The van der Waals surface area contributed by atoms with Crippen LogP contribution in [-0.2, 0) is 6.54 Å². The molecule has 3 aromatic rings. The number of rotatable bonds is 7. The van der Waals surface area contributed by atoms with Gasteiger partial charge in [-0.15, -0.1) is 0 Å². The summed E-state index contributed by atoms with van der Waals surface area (Å²) < 4.78 is 5.32. The first-order valence-corrected chi connectivity index (χ1v) is 7.67. The van der Waals surface area contributed by atoms with Crippen LogP contribution in [0.25, 0.3) is 11.3 Å². The SMILES string of the molecule is C[C@H](CO)Nc1nc(NCc2ccco2)cc(-c2cccnc2)n1. The van der Waals surface area contributed by atoms with Crippen LogP contribution in [0.3, 0.4) is 0 Å². The van der Waals surface area contributed by atoms with Crippen molar-refractivity contribution < 1.29 is 9.52 Å². The van der Waals surface area contributed by atoms with Crippen LogP contribution in [0.1, 0.15) is 12.7 Å². The molecule has 0 spiro atoms. The molecule has 0 radical (unpaired) electrons. The highest BCUT2D eigenvalue weighted by atomic mass is 16.3. The van der Waals surface area contributed by atoms with Crippen molar-refractivity contribution in [1.29, 1.82) is 0 Å². The zero-order chi connectivity index (χ0) is 16.8. The van der Waals surface area contributed by atoms with Gasteiger partial charge in [-0.25, -0.2) is 4.98 Å². The molecule has 124 valence electrons. The fraction of sp³-hybridized carbons (Fsp3) is 0.235. The van der Waals surface area contributed by atoms with Gasteiger partial charge in [0.2, 0.25) is 5.95 Å². The van der Waals surface area contributed by atoms with Crippen molar-refractivity contribution in [1.82, 2.24) is 15.0 Å². The molecule has 0 bridgehead atoms. The van der Waals surface area contributed by atoms with Crippen LogP contribution in [0.4, 0.5) is 11.8 Å². The maximum Gasteiger partial charge on any atom is 0.225 e. The first kappa shape index (κ1) is 15.9. The predicted molar refractivity (Wildman–Crippen MR) is 91.5 cm³/mol. The zero-order valence-corrected chi connectivity index (χ0v) is 13.3. The largest absolute Gasteiger partial charge is 0.467 e. The lowest BCUT2D eigenvalue weighted by atomic mass is 10.2. The molecule has 0 saturated carbocycles. The van der Waals surface area contributed by atoms with Gasteiger partial charge in [-0.1, -0.05) is 0 Å². The van der Waals surface area contributed by atoms with Gasteiger partial charge in [0.25, 0.3) is 0 Å². The third kappa shape index (κ3) is 4.08. The van der Waals surface area contributed by atoms with E-state index in [9.17, 15) is 5.11 Å². The summed E-state index contributed by atoms with van der Waals surface area (Å²) in [5, 5.41) is 15.5. The third-order valence-corrected chi connectivity index (χ3v) is 3.36. The van der Waals surface area contributed by atoms with Gasteiger partial charge in [0.1, 0.15) is 11.6 Å². The number of anilines is 2. The fourth-order valence-corrected chi connectivity index (χ4v) is 2.12. The minimum atomic E-state index is -0.146. The molecule has 0 unspecified atom stereocenters. The van der Waals surface area contributed by atoms with Crippen LogP contribution in [-0.4, -0.2) is 32.7 Å². The minimum Gasteiger partial charge on any atom is -0.467 e. The molecule has 1 atom stereocenters. The molecule has 7 heteroatoms. The van der Waals surface area contributed by atoms with Gasteiger partial charge in [-0.2, -0.15) is 4.98 Å². The van der Waals surface area contributed by atoms with Gasteiger partial charge in [-0.05, 0) is 31.2 Å². The van der Waals surface area contributed by atoms with Crippen molar-refractivity contribution in [2.45, 2.75) is 19.5 Å². The third-order valence-electron chi connectivity index (χ3n) is 3.36. The van der Waals surface area contributed by atoms with Crippen molar-refractivity contribution in [2.75, 3.05) is 17.2 Å². The summed E-state index contributed by atoms with van der Waals surface area (Å²) in [7, 11) is 0. The second kappa shape index (κ2) is 7.56. The number of furan rings is 1. The number of aromatic nitrogens is 3. The molecule has 0 amide bonds. The molecule has 7 nitrogen and oxygen atoms in total. The van der Waals surface area contributed by atoms with Gasteiger partial charge < -0.3 is 20.2 Å². The summed E-state index contributed by atoms with van der Waals surface area (Å²) in [6.45, 7) is 2.37. The van der Waals surface area contributed by atoms with Crippen LogP contribution in [0.2, 0.25) is 0 Å². The number of nitrogens with one attached hydrogen (secondary N) is 2. The maximum absolute atomic E-state index is 9.22. The van der Waals surface area contributed by atoms with Gasteiger partial charge in [0.15, 0.2) is 0 Å². The Bertz CT molecular complexity index is 762. The second-order valence-corrected chi connectivity index (χ2v) is 5.36. The van der Waals surface area contributed by atoms with E-state index in [1.165, 1.54) is 0 Å². The average molecular weight is 325 g/mol. The average Bonchev–Trinajstić information content (AvgIpc) is 3.14. The summed E-state index contributed by atoms with van der Waals surface area (Å²) in [5.74, 6) is 1.92. The lowest BCUT2D eigenvalue weighted by Crippen LogP contribution is -2.21. The zero-order valence-electron chi connectivity index (χ0n) is 13.3. The second-order valence-electron chi connectivity index (χ2n) is 5.36. The van der Waals surface area contributed by atoms with E-state index in [2.05, 4.69) is 25.6 Å². The molecule has 0 aliphatic carbocycles. The van der Waals surface area contributed by atoms with E-state index in [1.54, 1.807) is 18.7 Å². The van der Waals surface area contributed by atoms with E-state index >= 15 is 0 Å². The monoisotopic (exact) mass is 325 g/mol. The first-order chi connectivity index (χ1) is 11.7. The Morgan fingerprint density at radius 1 is 1.25 bits per heavy atom. The summed E-state index contributed by atoms with van der Waals surface area (Å²) in [6.07, 6.45) is 5.10. The molecule has 3 rings (SSSR count). The Hall–Kier alpha value is -2.93. The molecule has 3 aromatic heterocycles. The van der Waals surface area contributed by atoms with Crippen LogP contribution in [0.15, 0.2) is 53.4 Å². The quantitative estimate of drug-likeness (QED) is 0.614. The number of aliphatic hydroxyl groups is 1. The van der Waals surface area contributed by atoms with Gasteiger partial charge in [-0.3, -0.25) is 4.98 Å². The van der Waals surface area contributed by atoms with Gasteiger partial charge in [0.05, 0.1) is 25.1 Å². The predicted octanol–water partition coefficient (Wildman–Crippen LogP) is 2.54. The molecular formula is C17H19N5O2. The molecular weight excluding hydrogens is 306 g/mol. The molecule has 0 saturated heterocycles. The van der Waals surface area contributed by atoms with Gasteiger partial charge in [0, 0.05) is 30.1 Å². The van der Waals surface area contributed by atoms with Crippen molar-refractivity contribution in [3.05, 3.63) is 54.7 Å². The Balaban J connectivity index is 1.87. The van der Waals surface area contributed by atoms with Crippen LogP contribution < -0.4 is 10.6 Å². The Labute approximate surface area is 139 Å². The molecule has 24 heavy (non-hydrogen) atoms. The van der Waals surface area contributed by atoms with E-state index in [0.717, 1.165) is 17.0 Å². The molecule has 0 aliphatic heterocycles. The smallest absolute Gasteiger partial charge is 0.225 e. The van der Waals surface area contributed by atoms with Crippen LogP contribution in [0.5, 0.6) is 0 Å². The molecule has 3 N–H and O–H groups in total. The summed E-state index contributed by atoms with van der Waals surface area (Å²) in [4.78, 5) is 13.1. The highest BCUT2D eigenvalue weighted by Crippen LogP contribution is 2.21. The van der Waals surface area contributed by atoms with E-state index in [4.69, 9.17) is 4.42 Å². The van der Waals surface area contributed by atoms with Crippen molar-refractivity contribution in [3.8, 4) is 11.3 Å².